The molecule has 0 fully saturated rings. The zero-order chi connectivity index (χ0) is 12.0. The maximum Gasteiger partial charge on any atom is 0.0948 e. The molecule has 1 aromatic rings. The maximum atomic E-state index is 9.95. The number of nitriles is 1. The van der Waals surface area contributed by atoms with Crippen LogP contribution in [0, 0.1) is 17.2 Å². The molecule has 0 aromatic heterocycles. The summed E-state index contributed by atoms with van der Waals surface area (Å²) >= 11 is 0. The van der Waals surface area contributed by atoms with E-state index in [-0.39, 0.29) is 5.92 Å². The molecule has 1 aromatic carbocycles. The predicted octanol–water partition coefficient (Wildman–Crippen LogP) is 2.42. The minimum absolute atomic E-state index is 0.340. The van der Waals surface area contributed by atoms with Gasteiger partial charge in [0.1, 0.15) is 0 Å². The summed E-state index contributed by atoms with van der Waals surface area (Å²) in [5.74, 6) is -0.340. The van der Waals surface area contributed by atoms with Crippen LogP contribution in [0.1, 0.15) is 30.6 Å². The molecule has 3 nitrogen and oxygen atoms in total. The number of benzene rings is 1. The molecule has 16 heavy (non-hydrogen) atoms. The van der Waals surface area contributed by atoms with Crippen LogP contribution in [0.2, 0.25) is 0 Å². The Kier molecular flexibility index (Phi) is 4.97. The smallest absolute Gasteiger partial charge is 0.0948 e. The van der Waals surface area contributed by atoms with Crippen molar-refractivity contribution in [2.75, 3.05) is 7.11 Å². The van der Waals surface area contributed by atoms with Crippen LogP contribution in [-0.4, -0.2) is 12.2 Å². The first-order valence-electron chi connectivity index (χ1n) is 5.38. The minimum Gasteiger partial charge on any atom is -0.387 e. The van der Waals surface area contributed by atoms with Crippen LogP contribution in [0.15, 0.2) is 24.3 Å². The van der Waals surface area contributed by atoms with E-state index in [9.17, 15) is 5.11 Å². The Labute approximate surface area is 96.3 Å². The molecule has 0 heterocycles. The van der Waals surface area contributed by atoms with Crippen molar-refractivity contribution in [1.82, 2.24) is 0 Å². The molecule has 0 aliphatic heterocycles. The van der Waals surface area contributed by atoms with Crippen LogP contribution in [-0.2, 0) is 11.3 Å². The molecule has 1 rings (SSSR count). The molecule has 0 spiro atoms. The van der Waals surface area contributed by atoms with E-state index < -0.39 is 6.10 Å². The zero-order valence-corrected chi connectivity index (χ0v) is 9.68. The predicted molar refractivity (Wildman–Crippen MR) is 61.5 cm³/mol. The van der Waals surface area contributed by atoms with Crippen LogP contribution in [0.25, 0.3) is 0 Å². The van der Waals surface area contributed by atoms with Crippen molar-refractivity contribution in [3.8, 4) is 6.07 Å². The van der Waals surface area contributed by atoms with Crippen LogP contribution in [0.4, 0.5) is 0 Å². The first-order valence-corrected chi connectivity index (χ1v) is 5.38. The summed E-state index contributed by atoms with van der Waals surface area (Å²) in [6.45, 7) is 2.46. The van der Waals surface area contributed by atoms with Gasteiger partial charge < -0.3 is 9.84 Å². The summed E-state index contributed by atoms with van der Waals surface area (Å²) in [6, 6.07) is 9.63. The largest absolute Gasteiger partial charge is 0.387 e. The fraction of sp³-hybridized carbons (Fsp3) is 0.462. The molecule has 2 unspecified atom stereocenters. The lowest BCUT2D eigenvalue weighted by molar-refractivity contribution is 0.132. The third-order valence-corrected chi connectivity index (χ3v) is 2.62. The summed E-state index contributed by atoms with van der Waals surface area (Å²) in [7, 11) is 1.64. The number of aliphatic hydroxyl groups is 1. The number of hydrogen-bond donors (Lipinski definition) is 1. The van der Waals surface area contributed by atoms with Gasteiger partial charge in [0.05, 0.1) is 24.7 Å². The number of methoxy groups -OCH3 is 1. The van der Waals surface area contributed by atoms with Crippen molar-refractivity contribution in [3.05, 3.63) is 35.4 Å². The Hall–Kier alpha value is -1.37. The molecule has 3 heteroatoms. The number of nitrogens with zero attached hydrogens (tertiary/aromatic N) is 1. The van der Waals surface area contributed by atoms with Crippen molar-refractivity contribution >= 4 is 0 Å². The Bertz CT molecular complexity index is 353. The average molecular weight is 219 g/mol. The van der Waals surface area contributed by atoms with Crippen molar-refractivity contribution in [2.24, 2.45) is 5.92 Å². The Balaban J connectivity index is 2.77. The van der Waals surface area contributed by atoms with Gasteiger partial charge in [-0.15, -0.1) is 0 Å². The highest BCUT2D eigenvalue weighted by Gasteiger charge is 2.18. The molecule has 0 aliphatic rings. The van der Waals surface area contributed by atoms with Gasteiger partial charge in [0.25, 0.3) is 0 Å². The fourth-order valence-corrected chi connectivity index (χ4v) is 1.60. The lowest BCUT2D eigenvalue weighted by atomic mass is 9.94. The van der Waals surface area contributed by atoms with E-state index in [0.29, 0.717) is 13.0 Å². The monoisotopic (exact) mass is 219 g/mol. The van der Waals surface area contributed by atoms with Gasteiger partial charge in [0.2, 0.25) is 0 Å². The normalized spacial score (nSPS) is 14.1. The van der Waals surface area contributed by atoms with Crippen molar-refractivity contribution in [2.45, 2.75) is 26.1 Å². The van der Waals surface area contributed by atoms with Crippen LogP contribution in [0.3, 0.4) is 0 Å². The number of ether oxygens (including phenoxy) is 1. The molecule has 86 valence electrons. The molecular formula is C13H17NO2. The maximum absolute atomic E-state index is 9.95. The lowest BCUT2D eigenvalue weighted by Gasteiger charge is -2.15. The van der Waals surface area contributed by atoms with E-state index in [1.807, 2.05) is 31.2 Å². The molecule has 1 N–H and O–H groups in total. The number of rotatable bonds is 5. The molecule has 0 saturated carbocycles. The highest BCUT2D eigenvalue weighted by molar-refractivity contribution is 5.25. The zero-order valence-electron chi connectivity index (χ0n) is 9.68. The van der Waals surface area contributed by atoms with E-state index in [1.165, 1.54) is 0 Å². The first kappa shape index (κ1) is 12.7. The van der Waals surface area contributed by atoms with Gasteiger partial charge in [-0.2, -0.15) is 5.26 Å². The van der Waals surface area contributed by atoms with Gasteiger partial charge in [-0.1, -0.05) is 31.2 Å². The van der Waals surface area contributed by atoms with E-state index in [1.54, 1.807) is 7.11 Å². The molecule has 2 atom stereocenters. The molecule has 0 radical (unpaired) electrons. The van der Waals surface area contributed by atoms with E-state index in [4.69, 9.17) is 10.00 Å². The second-order valence-electron chi connectivity index (χ2n) is 3.76. The number of hydrogen-bond acceptors (Lipinski definition) is 3. The topological polar surface area (TPSA) is 53.2 Å². The van der Waals surface area contributed by atoms with Gasteiger partial charge in [-0.3, -0.25) is 0 Å². The highest BCUT2D eigenvalue weighted by atomic mass is 16.5. The third-order valence-electron chi connectivity index (χ3n) is 2.62. The fourth-order valence-electron chi connectivity index (χ4n) is 1.60. The summed E-state index contributed by atoms with van der Waals surface area (Å²) in [5.41, 5.74) is 1.84. The molecule has 0 aliphatic carbocycles. The van der Waals surface area contributed by atoms with Crippen molar-refractivity contribution < 1.29 is 9.84 Å². The van der Waals surface area contributed by atoms with Crippen LogP contribution >= 0.6 is 0 Å². The molecule has 0 amide bonds. The molecular weight excluding hydrogens is 202 g/mol. The summed E-state index contributed by atoms with van der Waals surface area (Å²) in [5, 5.41) is 18.8. The molecule has 0 bridgehead atoms. The summed E-state index contributed by atoms with van der Waals surface area (Å²) in [6.07, 6.45) is -0.0519. The van der Waals surface area contributed by atoms with E-state index in [2.05, 4.69) is 6.07 Å². The number of aliphatic hydroxyl groups excluding tert-OH is 1. The van der Waals surface area contributed by atoms with Gasteiger partial charge in [0, 0.05) is 7.11 Å². The summed E-state index contributed by atoms with van der Waals surface area (Å²) < 4.78 is 5.00. The minimum atomic E-state index is -0.702. The second-order valence-corrected chi connectivity index (χ2v) is 3.76. The second kappa shape index (κ2) is 6.26. The highest BCUT2D eigenvalue weighted by Crippen LogP contribution is 2.24. The third kappa shape index (κ3) is 3.06. The van der Waals surface area contributed by atoms with E-state index in [0.717, 1.165) is 11.1 Å². The van der Waals surface area contributed by atoms with Gasteiger partial charge in [-0.25, -0.2) is 0 Å². The Morgan fingerprint density at radius 3 is 2.44 bits per heavy atom. The van der Waals surface area contributed by atoms with Crippen molar-refractivity contribution in [3.63, 3.8) is 0 Å². The van der Waals surface area contributed by atoms with Gasteiger partial charge >= 0.3 is 0 Å². The van der Waals surface area contributed by atoms with Crippen molar-refractivity contribution in [1.29, 1.82) is 5.26 Å². The van der Waals surface area contributed by atoms with E-state index >= 15 is 0 Å². The quantitative estimate of drug-likeness (QED) is 0.827. The Morgan fingerprint density at radius 1 is 1.38 bits per heavy atom. The SMILES string of the molecule is CCC(C#N)C(O)c1ccc(COC)cc1. The lowest BCUT2D eigenvalue weighted by Crippen LogP contribution is -2.09. The summed E-state index contributed by atoms with van der Waals surface area (Å²) in [4.78, 5) is 0. The van der Waals surface area contributed by atoms with Crippen LogP contribution < -0.4 is 0 Å². The average Bonchev–Trinajstić information content (AvgIpc) is 2.32. The van der Waals surface area contributed by atoms with Crippen LogP contribution in [0.5, 0.6) is 0 Å². The van der Waals surface area contributed by atoms with Gasteiger partial charge in [-0.05, 0) is 17.5 Å². The van der Waals surface area contributed by atoms with Gasteiger partial charge in [0.15, 0.2) is 0 Å². The molecule has 0 saturated heterocycles. The Morgan fingerprint density at radius 2 is 2.00 bits per heavy atom. The standard InChI is InChI=1S/C13H17NO2/c1-3-11(8-14)13(15)12-6-4-10(5-7-12)9-16-2/h4-7,11,13,15H,3,9H2,1-2H3. The first-order chi connectivity index (χ1) is 7.72.